The van der Waals surface area contributed by atoms with E-state index in [1.165, 1.54) is 0 Å². The molecule has 0 fully saturated rings. The summed E-state index contributed by atoms with van der Waals surface area (Å²) in [6.45, 7) is 7.40. The molecule has 0 saturated heterocycles. The smallest absolute Gasteiger partial charge is 0.221 e. The second kappa shape index (κ2) is 7.13. The Bertz CT molecular complexity index is 159. The Balaban J connectivity index is 3.28. The molecule has 70 valence electrons. The lowest BCUT2D eigenvalue weighted by molar-refractivity contribution is -0.120. The SMILES string of the molecule is C=C(Cl)CNC(=O)CCNCC. The highest BCUT2D eigenvalue weighted by Crippen LogP contribution is 1.92. The second-order valence-electron chi connectivity index (χ2n) is 2.40. The topological polar surface area (TPSA) is 41.1 Å². The van der Waals surface area contributed by atoms with Gasteiger partial charge < -0.3 is 10.6 Å². The van der Waals surface area contributed by atoms with E-state index in [1.807, 2.05) is 6.92 Å². The predicted octanol–water partition coefficient (Wildman–Crippen LogP) is 0.855. The zero-order valence-corrected chi connectivity index (χ0v) is 8.08. The van der Waals surface area contributed by atoms with Crippen LogP contribution in [0.15, 0.2) is 11.6 Å². The Labute approximate surface area is 78.2 Å². The van der Waals surface area contributed by atoms with E-state index < -0.39 is 0 Å². The first kappa shape index (κ1) is 11.5. The number of rotatable bonds is 6. The normalized spacial score (nSPS) is 9.50. The van der Waals surface area contributed by atoms with Gasteiger partial charge in [-0.3, -0.25) is 4.79 Å². The highest BCUT2D eigenvalue weighted by atomic mass is 35.5. The summed E-state index contributed by atoms with van der Waals surface area (Å²) in [5.74, 6) is -0.00208. The molecule has 0 rings (SSSR count). The van der Waals surface area contributed by atoms with Crippen molar-refractivity contribution >= 4 is 17.5 Å². The van der Waals surface area contributed by atoms with E-state index in [2.05, 4.69) is 17.2 Å². The molecule has 0 bridgehead atoms. The molecule has 0 unspecified atom stereocenters. The van der Waals surface area contributed by atoms with Gasteiger partial charge >= 0.3 is 0 Å². The summed E-state index contributed by atoms with van der Waals surface area (Å²) in [5.41, 5.74) is 0. The van der Waals surface area contributed by atoms with Crippen LogP contribution < -0.4 is 10.6 Å². The lowest BCUT2D eigenvalue weighted by Crippen LogP contribution is -2.28. The first-order valence-electron chi connectivity index (χ1n) is 3.97. The Kier molecular flexibility index (Phi) is 6.81. The van der Waals surface area contributed by atoms with Crippen LogP contribution in [0.5, 0.6) is 0 Å². The van der Waals surface area contributed by atoms with E-state index >= 15 is 0 Å². The molecule has 0 aromatic rings. The summed E-state index contributed by atoms with van der Waals surface area (Å²) in [6, 6.07) is 0. The molecule has 0 atom stereocenters. The van der Waals surface area contributed by atoms with Crippen molar-refractivity contribution in [2.24, 2.45) is 0 Å². The fourth-order valence-corrected chi connectivity index (χ4v) is 0.728. The fourth-order valence-electron chi connectivity index (χ4n) is 0.662. The average molecular weight is 191 g/mol. The largest absolute Gasteiger partial charge is 0.351 e. The maximum atomic E-state index is 11.0. The van der Waals surface area contributed by atoms with E-state index in [4.69, 9.17) is 11.6 Å². The monoisotopic (exact) mass is 190 g/mol. The van der Waals surface area contributed by atoms with Crippen molar-refractivity contribution in [3.63, 3.8) is 0 Å². The standard InChI is InChI=1S/C8H15ClN2O/c1-3-10-5-4-8(12)11-6-7(2)9/h10H,2-6H2,1H3,(H,11,12). The summed E-state index contributed by atoms with van der Waals surface area (Å²) in [5, 5.41) is 6.13. The Morgan fingerprint density at radius 1 is 1.58 bits per heavy atom. The summed E-state index contributed by atoms with van der Waals surface area (Å²) < 4.78 is 0. The second-order valence-corrected chi connectivity index (χ2v) is 2.93. The number of amides is 1. The summed E-state index contributed by atoms with van der Waals surface area (Å²) in [4.78, 5) is 11.0. The molecule has 0 heterocycles. The quantitative estimate of drug-likeness (QED) is 0.610. The van der Waals surface area contributed by atoms with Gasteiger partial charge in [-0.1, -0.05) is 25.1 Å². The minimum Gasteiger partial charge on any atom is -0.351 e. The molecular weight excluding hydrogens is 176 g/mol. The van der Waals surface area contributed by atoms with E-state index in [0.29, 0.717) is 24.5 Å². The van der Waals surface area contributed by atoms with Crippen LogP contribution in [0.3, 0.4) is 0 Å². The molecular formula is C8H15ClN2O. The molecule has 1 amide bonds. The van der Waals surface area contributed by atoms with Gasteiger partial charge in [0.2, 0.25) is 5.91 Å². The van der Waals surface area contributed by atoms with Crippen molar-refractivity contribution in [1.82, 2.24) is 10.6 Å². The van der Waals surface area contributed by atoms with Crippen molar-refractivity contribution < 1.29 is 4.79 Å². The molecule has 0 spiro atoms. The maximum Gasteiger partial charge on any atom is 0.221 e. The molecule has 0 aromatic carbocycles. The Morgan fingerprint density at radius 2 is 2.25 bits per heavy atom. The number of halogens is 1. The van der Waals surface area contributed by atoms with Gasteiger partial charge in [-0.2, -0.15) is 0 Å². The van der Waals surface area contributed by atoms with Gasteiger partial charge in [-0.25, -0.2) is 0 Å². The highest BCUT2D eigenvalue weighted by molar-refractivity contribution is 6.29. The molecule has 2 N–H and O–H groups in total. The van der Waals surface area contributed by atoms with Crippen LogP contribution in [0.4, 0.5) is 0 Å². The van der Waals surface area contributed by atoms with Crippen LogP contribution in [0, 0.1) is 0 Å². The number of nitrogens with one attached hydrogen (secondary N) is 2. The minimum atomic E-state index is -0.00208. The first-order valence-corrected chi connectivity index (χ1v) is 4.35. The van der Waals surface area contributed by atoms with Gasteiger partial charge in [-0.15, -0.1) is 0 Å². The minimum absolute atomic E-state index is 0.00208. The van der Waals surface area contributed by atoms with Gasteiger partial charge in [-0.05, 0) is 6.54 Å². The summed E-state index contributed by atoms with van der Waals surface area (Å²) in [7, 11) is 0. The zero-order valence-electron chi connectivity index (χ0n) is 7.32. The van der Waals surface area contributed by atoms with Gasteiger partial charge in [0.05, 0.1) is 6.54 Å². The Morgan fingerprint density at radius 3 is 2.75 bits per heavy atom. The molecule has 0 aromatic heterocycles. The third-order valence-electron chi connectivity index (χ3n) is 1.26. The number of carbonyl (C=O) groups excluding carboxylic acids is 1. The van der Waals surface area contributed by atoms with E-state index in [1.54, 1.807) is 0 Å². The van der Waals surface area contributed by atoms with Crippen molar-refractivity contribution in [2.75, 3.05) is 19.6 Å². The highest BCUT2D eigenvalue weighted by Gasteiger charge is 1.98. The molecule has 12 heavy (non-hydrogen) atoms. The molecule has 0 aliphatic rings. The lowest BCUT2D eigenvalue weighted by atomic mass is 10.4. The maximum absolute atomic E-state index is 11.0. The Hall–Kier alpha value is -0.540. The number of hydrogen-bond donors (Lipinski definition) is 2. The molecule has 0 aliphatic carbocycles. The molecule has 4 heteroatoms. The van der Waals surface area contributed by atoms with Crippen molar-refractivity contribution in [3.05, 3.63) is 11.6 Å². The van der Waals surface area contributed by atoms with Gasteiger partial charge in [0.15, 0.2) is 0 Å². The van der Waals surface area contributed by atoms with Crippen LogP contribution >= 0.6 is 11.6 Å². The first-order chi connectivity index (χ1) is 5.66. The van der Waals surface area contributed by atoms with Gasteiger partial charge in [0.25, 0.3) is 0 Å². The van der Waals surface area contributed by atoms with Crippen LogP contribution in [-0.4, -0.2) is 25.5 Å². The van der Waals surface area contributed by atoms with Gasteiger partial charge in [0, 0.05) is 18.0 Å². The summed E-state index contributed by atoms with van der Waals surface area (Å²) >= 11 is 5.46. The van der Waals surface area contributed by atoms with Crippen molar-refractivity contribution in [3.8, 4) is 0 Å². The number of hydrogen-bond acceptors (Lipinski definition) is 2. The van der Waals surface area contributed by atoms with Crippen LogP contribution in [0.1, 0.15) is 13.3 Å². The van der Waals surface area contributed by atoms with Crippen LogP contribution in [0.2, 0.25) is 0 Å². The van der Waals surface area contributed by atoms with E-state index in [-0.39, 0.29) is 5.91 Å². The van der Waals surface area contributed by atoms with E-state index in [9.17, 15) is 4.79 Å². The summed E-state index contributed by atoms with van der Waals surface area (Å²) in [6.07, 6.45) is 0.484. The molecule has 0 aliphatic heterocycles. The third-order valence-corrected chi connectivity index (χ3v) is 1.39. The predicted molar refractivity (Wildman–Crippen MR) is 51.2 cm³/mol. The van der Waals surface area contributed by atoms with E-state index in [0.717, 1.165) is 6.54 Å². The fraction of sp³-hybridized carbons (Fsp3) is 0.625. The third kappa shape index (κ3) is 7.57. The van der Waals surface area contributed by atoms with Crippen LogP contribution in [0.25, 0.3) is 0 Å². The zero-order chi connectivity index (χ0) is 9.40. The molecule has 0 radical (unpaired) electrons. The molecule has 0 saturated carbocycles. The van der Waals surface area contributed by atoms with Crippen LogP contribution in [-0.2, 0) is 4.79 Å². The lowest BCUT2D eigenvalue weighted by Gasteiger charge is -2.03. The average Bonchev–Trinajstić information content (AvgIpc) is 2.01. The van der Waals surface area contributed by atoms with Gasteiger partial charge in [0.1, 0.15) is 0 Å². The van der Waals surface area contributed by atoms with Crippen molar-refractivity contribution in [1.29, 1.82) is 0 Å². The van der Waals surface area contributed by atoms with Crippen molar-refractivity contribution in [2.45, 2.75) is 13.3 Å². The molecule has 3 nitrogen and oxygen atoms in total. The number of carbonyl (C=O) groups is 1.